The number of piperidine rings is 1. The van der Waals surface area contributed by atoms with Gasteiger partial charge in [0.05, 0.1) is 24.1 Å². The number of rotatable bonds is 7. The smallest absolute Gasteiger partial charge is 0.220 e. The van der Waals surface area contributed by atoms with E-state index in [0.29, 0.717) is 25.1 Å². The second-order valence-electron chi connectivity index (χ2n) is 7.32. The Hall–Kier alpha value is -2.06. The van der Waals surface area contributed by atoms with E-state index in [4.69, 9.17) is 5.73 Å². The Morgan fingerprint density at radius 3 is 2.81 bits per heavy atom. The van der Waals surface area contributed by atoms with Crippen LogP contribution in [0.1, 0.15) is 44.7 Å². The van der Waals surface area contributed by atoms with Crippen LogP contribution in [-0.4, -0.2) is 63.1 Å². The summed E-state index contributed by atoms with van der Waals surface area (Å²) < 4.78 is 0. The fourth-order valence-corrected chi connectivity index (χ4v) is 3.92. The summed E-state index contributed by atoms with van der Waals surface area (Å²) in [5.74, 6) is -0.651. The lowest BCUT2D eigenvalue weighted by atomic mass is 9.90. The van der Waals surface area contributed by atoms with Crippen molar-refractivity contribution in [2.75, 3.05) is 6.54 Å². The number of amides is 1. The average Bonchev–Trinajstić information content (AvgIpc) is 3.28. The molecule has 0 aromatic carbocycles. The Kier molecular flexibility index (Phi) is 5.83. The van der Waals surface area contributed by atoms with Crippen LogP contribution in [0.15, 0.2) is 12.5 Å². The molecule has 1 aromatic heterocycles. The van der Waals surface area contributed by atoms with Crippen LogP contribution in [0.3, 0.4) is 0 Å². The summed E-state index contributed by atoms with van der Waals surface area (Å²) in [5.41, 5.74) is 6.85. The van der Waals surface area contributed by atoms with Gasteiger partial charge < -0.3 is 16.0 Å². The van der Waals surface area contributed by atoms with Crippen LogP contribution < -0.4 is 11.1 Å². The number of carbonyl (C=O) groups is 3. The van der Waals surface area contributed by atoms with Crippen molar-refractivity contribution >= 4 is 17.5 Å². The third kappa shape index (κ3) is 4.02. The van der Waals surface area contributed by atoms with Crippen LogP contribution in [0.25, 0.3) is 0 Å². The fourth-order valence-electron chi connectivity index (χ4n) is 3.92. The molecule has 0 aliphatic carbocycles. The van der Waals surface area contributed by atoms with Gasteiger partial charge in [-0.05, 0) is 32.7 Å². The highest BCUT2D eigenvalue weighted by Crippen LogP contribution is 2.23. The first-order valence-electron chi connectivity index (χ1n) is 9.33. The SMILES string of the molecule is CC1CCCCN1C(C(=O)C(N)Cc1c[nH]cn1)C(=O)C1CCC(=O)N1. The highest BCUT2D eigenvalue weighted by molar-refractivity contribution is 6.11. The molecular weight excluding hydrogens is 334 g/mol. The van der Waals surface area contributed by atoms with Gasteiger partial charge in [0.15, 0.2) is 11.6 Å². The first-order valence-corrected chi connectivity index (χ1v) is 9.33. The fraction of sp³-hybridized carbons (Fsp3) is 0.667. The number of nitrogens with zero attached hydrogens (tertiary/aromatic N) is 2. The van der Waals surface area contributed by atoms with Crippen LogP contribution >= 0.6 is 0 Å². The van der Waals surface area contributed by atoms with Crippen LogP contribution in [0.4, 0.5) is 0 Å². The van der Waals surface area contributed by atoms with Gasteiger partial charge in [0.1, 0.15) is 6.04 Å². The van der Waals surface area contributed by atoms with Gasteiger partial charge in [-0.2, -0.15) is 0 Å². The minimum atomic E-state index is -0.900. The summed E-state index contributed by atoms with van der Waals surface area (Å²) in [7, 11) is 0. The van der Waals surface area contributed by atoms with Crippen LogP contribution in [0.2, 0.25) is 0 Å². The van der Waals surface area contributed by atoms with Crippen molar-refractivity contribution in [3.63, 3.8) is 0 Å². The van der Waals surface area contributed by atoms with Gasteiger partial charge in [0.2, 0.25) is 5.91 Å². The molecule has 0 spiro atoms. The highest BCUT2D eigenvalue weighted by Gasteiger charge is 2.43. The third-order valence-electron chi connectivity index (χ3n) is 5.41. The topological polar surface area (TPSA) is 121 Å². The Labute approximate surface area is 152 Å². The number of carbonyl (C=O) groups excluding carboxylic acids is 3. The summed E-state index contributed by atoms with van der Waals surface area (Å²) in [6.45, 7) is 2.73. The number of ketones is 2. The zero-order valence-electron chi connectivity index (χ0n) is 15.1. The molecule has 0 saturated carbocycles. The standard InChI is InChI=1S/C18H27N5O3/c1-11-4-2-3-7-23(11)16(18(26)14-5-6-15(24)22-14)17(25)13(19)8-12-9-20-10-21-12/h9-11,13-14,16H,2-8,19H2,1H3,(H,20,21)(H,22,24). The molecule has 0 radical (unpaired) electrons. The van der Waals surface area contributed by atoms with Gasteiger partial charge in [0.25, 0.3) is 0 Å². The Bertz CT molecular complexity index is 660. The van der Waals surface area contributed by atoms with Crippen LogP contribution in [0.5, 0.6) is 0 Å². The number of hydrogen-bond donors (Lipinski definition) is 3. The number of likely N-dealkylation sites (tertiary alicyclic amines) is 1. The molecule has 3 rings (SSSR count). The number of imidazole rings is 1. The number of aromatic amines is 1. The third-order valence-corrected chi connectivity index (χ3v) is 5.41. The predicted octanol–water partition coefficient (Wildman–Crippen LogP) is -0.0607. The van der Waals surface area contributed by atoms with Crippen LogP contribution in [-0.2, 0) is 20.8 Å². The second kappa shape index (κ2) is 8.09. The Morgan fingerprint density at radius 2 is 2.19 bits per heavy atom. The van der Waals surface area contributed by atoms with Crippen molar-refractivity contribution in [1.82, 2.24) is 20.2 Å². The monoisotopic (exact) mass is 361 g/mol. The molecular formula is C18H27N5O3. The summed E-state index contributed by atoms with van der Waals surface area (Å²) in [6, 6.07) is -2.17. The molecule has 4 N–H and O–H groups in total. The molecule has 2 fully saturated rings. The van der Waals surface area contributed by atoms with Crippen molar-refractivity contribution in [1.29, 1.82) is 0 Å². The zero-order chi connectivity index (χ0) is 18.7. The van der Waals surface area contributed by atoms with E-state index >= 15 is 0 Å². The van der Waals surface area contributed by atoms with E-state index in [-0.39, 0.29) is 29.9 Å². The molecule has 8 nitrogen and oxygen atoms in total. The number of H-pyrrole nitrogens is 1. The van der Waals surface area contributed by atoms with Gasteiger partial charge >= 0.3 is 0 Å². The molecule has 8 heteroatoms. The summed E-state index contributed by atoms with van der Waals surface area (Å²) in [5, 5.41) is 2.70. The molecule has 4 atom stereocenters. The van der Waals surface area contributed by atoms with Gasteiger partial charge in [-0.25, -0.2) is 4.98 Å². The van der Waals surface area contributed by atoms with Crippen molar-refractivity contribution in [2.45, 2.75) is 69.6 Å². The zero-order valence-corrected chi connectivity index (χ0v) is 15.1. The lowest BCUT2D eigenvalue weighted by Crippen LogP contribution is -2.60. The molecule has 1 aromatic rings. The largest absolute Gasteiger partial charge is 0.351 e. The van der Waals surface area contributed by atoms with Gasteiger partial charge in [-0.15, -0.1) is 0 Å². The number of nitrogens with one attached hydrogen (secondary N) is 2. The average molecular weight is 361 g/mol. The second-order valence-corrected chi connectivity index (χ2v) is 7.32. The molecule has 4 unspecified atom stereocenters. The number of Topliss-reactive ketones (excluding diaryl/α,β-unsaturated/α-hetero) is 2. The normalized spacial score (nSPS) is 26.3. The van der Waals surface area contributed by atoms with E-state index < -0.39 is 18.1 Å². The summed E-state index contributed by atoms with van der Waals surface area (Å²) >= 11 is 0. The van der Waals surface area contributed by atoms with E-state index in [1.54, 1.807) is 6.20 Å². The minimum Gasteiger partial charge on any atom is -0.351 e. The maximum atomic E-state index is 13.2. The van der Waals surface area contributed by atoms with E-state index in [1.165, 1.54) is 6.33 Å². The molecule has 3 heterocycles. The Balaban J connectivity index is 1.80. The summed E-state index contributed by atoms with van der Waals surface area (Å²) in [4.78, 5) is 46.8. The molecule has 26 heavy (non-hydrogen) atoms. The number of hydrogen-bond acceptors (Lipinski definition) is 6. The highest BCUT2D eigenvalue weighted by atomic mass is 16.2. The van der Waals surface area contributed by atoms with Crippen molar-refractivity contribution < 1.29 is 14.4 Å². The Morgan fingerprint density at radius 1 is 1.38 bits per heavy atom. The van der Waals surface area contributed by atoms with Crippen molar-refractivity contribution in [2.24, 2.45) is 5.73 Å². The maximum absolute atomic E-state index is 13.2. The predicted molar refractivity (Wildman–Crippen MR) is 95.3 cm³/mol. The van der Waals surface area contributed by atoms with Gasteiger partial charge in [0, 0.05) is 25.1 Å². The van der Waals surface area contributed by atoms with Crippen molar-refractivity contribution in [3.8, 4) is 0 Å². The van der Waals surface area contributed by atoms with E-state index in [9.17, 15) is 14.4 Å². The first-order chi connectivity index (χ1) is 12.5. The van der Waals surface area contributed by atoms with E-state index in [0.717, 1.165) is 19.3 Å². The van der Waals surface area contributed by atoms with Gasteiger partial charge in [-0.1, -0.05) is 6.42 Å². The van der Waals surface area contributed by atoms with Crippen LogP contribution in [0, 0.1) is 0 Å². The van der Waals surface area contributed by atoms with E-state index in [1.807, 2.05) is 11.8 Å². The molecule has 2 saturated heterocycles. The van der Waals surface area contributed by atoms with Crippen molar-refractivity contribution in [3.05, 3.63) is 18.2 Å². The quantitative estimate of drug-likeness (QED) is 0.585. The minimum absolute atomic E-state index is 0.135. The van der Waals surface area contributed by atoms with E-state index in [2.05, 4.69) is 15.3 Å². The maximum Gasteiger partial charge on any atom is 0.220 e. The number of nitrogens with two attached hydrogens (primary N) is 1. The first kappa shape index (κ1) is 18.7. The molecule has 1 amide bonds. The summed E-state index contributed by atoms with van der Waals surface area (Å²) in [6.07, 6.45) is 7.28. The molecule has 142 valence electrons. The lowest BCUT2D eigenvalue weighted by Gasteiger charge is -2.39. The van der Waals surface area contributed by atoms with Gasteiger partial charge in [-0.3, -0.25) is 19.3 Å². The molecule has 2 aliphatic heterocycles. The molecule has 2 aliphatic rings. The number of aromatic nitrogens is 2. The lowest BCUT2D eigenvalue weighted by molar-refractivity contribution is -0.139. The molecule has 0 bridgehead atoms.